The van der Waals surface area contributed by atoms with E-state index in [9.17, 15) is 24.3 Å². The fourth-order valence-electron chi connectivity index (χ4n) is 8.69. The minimum Gasteiger partial charge on any atom is -0.493 e. The molecule has 0 radical (unpaired) electrons. The van der Waals surface area contributed by atoms with Gasteiger partial charge < -0.3 is 41.4 Å². The number of methoxy groups -OCH3 is 1. The average molecular weight is 653 g/mol. The molecule has 1 spiro atoms. The number of nitrogens with zero attached hydrogens (tertiary/aromatic N) is 2. The van der Waals surface area contributed by atoms with Gasteiger partial charge in [0.15, 0.2) is 23.6 Å². The zero-order valence-corrected chi connectivity index (χ0v) is 26.8. The summed E-state index contributed by atoms with van der Waals surface area (Å²) in [4.78, 5) is 56.6. The van der Waals surface area contributed by atoms with Crippen LogP contribution in [0.1, 0.15) is 69.4 Å². The highest BCUT2D eigenvalue weighted by Crippen LogP contribution is 2.65. The van der Waals surface area contributed by atoms with Crippen molar-refractivity contribution in [2.45, 2.75) is 88.4 Å². The van der Waals surface area contributed by atoms with Crippen LogP contribution in [0.25, 0.3) is 0 Å². The van der Waals surface area contributed by atoms with E-state index in [1.165, 1.54) is 23.0 Å². The molecule has 6 rings (SSSR count). The van der Waals surface area contributed by atoms with Crippen molar-refractivity contribution in [3.63, 3.8) is 0 Å². The summed E-state index contributed by atoms with van der Waals surface area (Å²) < 4.78 is 18.5. The van der Waals surface area contributed by atoms with Gasteiger partial charge in [-0.3, -0.25) is 24.3 Å². The minimum absolute atomic E-state index is 0.0182. The van der Waals surface area contributed by atoms with Gasteiger partial charge in [-0.05, 0) is 80.9 Å². The number of aliphatic carboxylic acids is 1. The van der Waals surface area contributed by atoms with Crippen LogP contribution in [0.3, 0.4) is 0 Å². The number of carboxylic acid groups (broad SMARTS) is 1. The highest BCUT2D eigenvalue weighted by molar-refractivity contribution is 5.87. The molecule has 14 heteroatoms. The van der Waals surface area contributed by atoms with Crippen molar-refractivity contribution < 1.29 is 38.5 Å². The molecule has 1 saturated heterocycles. The Hall–Kier alpha value is -4.49. The van der Waals surface area contributed by atoms with Crippen LogP contribution < -0.4 is 31.6 Å². The summed E-state index contributed by atoms with van der Waals surface area (Å²) in [5, 5.41) is 15.2. The zero-order chi connectivity index (χ0) is 33.5. The molecule has 14 nitrogen and oxygen atoms in total. The maximum Gasteiger partial charge on any atom is 0.416 e. The van der Waals surface area contributed by atoms with Crippen LogP contribution in [0.15, 0.2) is 29.0 Å². The first-order valence-electron chi connectivity index (χ1n) is 16.4. The van der Waals surface area contributed by atoms with Gasteiger partial charge in [-0.25, -0.2) is 4.79 Å². The Labute approximate surface area is 273 Å². The number of allylic oxidation sites excluding steroid dienone is 1. The molecule has 7 N–H and O–H groups in total. The fraction of sp³-hybridized carbons (Fsp3) is 0.606. The van der Waals surface area contributed by atoms with E-state index in [1.54, 1.807) is 7.11 Å². The molecule has 5 aliphatic rings. The van der Waals surface area contributed by atoms with Gasteiger partial charge in [-0.2, -0.15) is 0 Å². The Kier molecular flexibility index (Phi) is 8.95. The second-order valence-electron chi connectivity index (χ2n) is 13.3. The van der Waals surface area contributed by atoms with Crippen molar-refractivity contribution in [1.82, 2.24) is 15.5 Å². The van der Waals surface area contributed by atoms with Gasteiger partial charge in [0.25, 0.3) is 0 Å². The molecule has 7 atom stereocenters. The molecule has 2 fully saturated rings. The SMILES string of the molecule is COc1ccc2c3c1OC1C(OC(=O)N4CCC(C(=O)O)CC4NC(=O)[C@H](CCCN=C(N)N)NC(C)=O)=CC[C@H]4[C@H](CCC[C@]314)C2. The molecule has 1 saturated carbocycles. The number of guanidine groups is 1. The van der Waals surface area contributed by atoms with E-state index in [-0.39, 0.29) is 43.7 Å². The van der Waals surface area contributed by atoms with Gasteiger partial charge in [-0.1, -0.05) is 12.5 Å². The number of carboxylic acids is 1. The van der Waals surface area contributed by atoms with E-state index >= 15 is 0 Å². The van der Waals surface area contributed by atoms with E-state index < -0.39 is 48.1 Å². The van der Waals surface area contributed by atoms with Crippen molar-refractivity contribution in [2.24, 2.45) is 34.2 Å². The fourth-order valence-corrected chi connectivity index (χ4v) is 8.69. The van der Waals surface area contributed by atoms with Crippen molar-refractivity contribution >= 4 is 29.8 Å². The van der Waals surface area contributed by atoms with Crippen molar-refractivity contribution in [3.8, 4) is 11.5 Å². The number of rotatable bonds is 10. The highest BCUT2D eigenvalue weighted by atomic mass is 16.6. The second kappa shape index (κ2) is 13.0. The predicted octanol–water partition coefficient (Wildman–Crippen LogP) is 1.89. The lowest BCUT2D eigenvalue weighted by Gasteiger charge is -2.53. The van der Waals surface area contributed by atoms with Crippen molar-refractivity contribution in [3.05, 3.63) is 35.1 Å². The number of hydrogen-bond donors (Lipinski definition) is 5. The first-order valence-corrected chi connectivity index (χ1v) is 16.4. The molecule has 3 aliphatic carbocycles. The summed E-state index contributed by atoms with van der Waals surface area (Å²) in [6.07, 6.45) is 5.46. The Bertz CT molecular complexity index is 1510. The molecular weight excluding hydrogens is 608 g/mol. The lowest BCUT2D eigenvalue weighted by molar-refractivity contribution is -0.145. The monoisotopic (exact) mass is 652 g/mol. The Morgan fingerprint density at radius 2 is 2.04 bits per heavy atom. The Morgan fingerprint density at radius 1 is 1.23 bits per heavy atom. The number of amides is 3. The van der Waals surface area contributed by atoms with Crippen molar-refractivity contribution in [1.29, 1.82) is 0 Å². The highest BCUT2D eigenvalue weighted by Gasteiger charge is 2.64. The molecule has 1 aromatic carbocycles. The van der Waals surface area contributed by atoms with E-state index in [4.69, 9.17) is 25.7 Å². The van der Waals surface area contributed by atoms with Gasteiger partial charge in [0.1, 0.15) is 18.0 Å². The number of nitrogens with two attached hydrogens (primary N) is 2. The molecule has 47 heavy (non-hydrogen) atoms. The summed E-state index contributed by atoms with van der Waals surface area (Å²) in [7, 11) is 1.62. The summed E-state index contributed by atoms with van der Waals surface area (Å²) in [5.41, 5.74) is 12.9. The van der Waals surface area contributed by atoms with Gasteiger partial charge in [0.05, 0.1) is 13.0 Å². The third kappa shape index (κ3) is 5.93. The number of carbonyl (C=O) groups excluding carboxylic acids is 3. The molecule has 1 aromatic rings. The van der Waals surface area contributed by atoms with E-state index in [1.807, 2.05) is 12.1 Å². The number of nitrogens with one attached hydrogen (secondary N) is 2. The lowest BCUT2D eigenvalue weighted by atomic mass is 9.49. The quantitative estimate of drug-likeness (QED) is 0.141. The smallest absolute Gasteiger partial charge is 0.416 e. The number of likely N-dealkylation sites (tertiary alicyclic amines) is 1. The number of piperidine rings is 1. The molecular formula is C33H44N6O8. The molecule has 3 amide bonds. The van der Waals surface area contributed by atoms with Gasteiger partial charge in [0.2, 0.25) is 11.8 Å². The first kappa shape index (κ1) is 32.5. The largest absolute Gasteiger partial charge is 0.493 e. The Balaban J connectivity index is 1.22. The number of carbonyl (C=O) groups is 4. The van der Waals surface area contributed by atoms with E-state index in [2.05, 4.69) is 21.7 Å². The normalized spacial score (nSPS) is 28.9. The van der Waals surface area contributed by atoms with Crippen LogP contribution >= 0.6 is 0 Å². The van der Waals surface area contributed by atoms with Gasteiger partial charge in [-0.15, -0.1) is 0 Å². The maximum absolute atomic E-state index is 14.0. The molecule has 2 bridgehead atoms. The zero-order valence-electron chi connectivity index (χ0n) is 26.8. The molecule has 2 heterocycles. The molecule has 2 aliphatic heterocycles. The molecule has 254 valence electrons. The molecule has 0 aromatic heterocycles. The number of ether oxygens (including phenoxy) is 3. The topological polar surface area (TPSA) is 208 Å². The van der Waals surface area contributed by atoms with Gasteiger partial charge in [0, 0.05) is 31.0 Å². The number of benzene rings is 1. The van der Waals surface area contributed by atoms with E-state index in [0.717, 1.165) is 37.9 Å². The summed E-state index contributed by atoms with van der Waals surface area (Å²) in [6.45, 7) is 1.61. The average Bonchev–Trinajstić information content (AvgIpc) is 3.37. The number of aliphatic imine (C=N–C) groups is 1. The van der Waals surface area contributed by atoms with Crippen molar-refractivity contribution in [2.75, 3.05) is 20.2 Å². The summed E-state index contributed by atoms with van der Waals surface area (Å²) in [6, 6.07) is 3.14. The first-order chi connectivity index (χ1) is 22.5. The summed E-state index contributed by atoms with van der Waals surface area (Å²) in [5.74, 6) is -0.155. The summed E-state index contributed by atoms with van der Waals surface area (Å²) >= 11 is 0. The third-order valence-corrected chi connectivity index (χ3v) is 10.6. The standard InChI is InChI=1S/C33H44N6O8/c1-17(40)37-22(6-4-13-36-31(34)35)29(41)38-25-16-20(30(42)43)11-14-39(25)32(44)46-24-10-8-21-18-5-3-12-33(21)26-19(15-18)7-9-23(45-2)27(26)47-28(24)33/h7,9-10,18,20-22,25,28H,3-6,8,11-16H2,1-2H3,(H,37,40)(H,38,41)(H,42,43)(H4,34,35,36)/t18-,20?,21+,22+,25?,28?,33+/m1/s1. The van der Waals surface area contributed by atoms with E-state index in [0.29, 0.717) is 29.8 Å². The van der Waals surface area contributed by atoms with Crippen LogP contribution in [-0.2, 0) is 31.0 Å². The lowest BCUT2D eigenvalue weighted by Crippen LogP contribution is -2.59. The molecule has 3 unspecified atom stereocenters. The van der Waals surface area contributed by atoms with Crippen LogP contribution in [0.2, 0.25) is 0 Å². The van der Waals surface area contributed by atoms with Crippen LogP contribution in [-0.4, -0.2) is 78.4 Å². The maximum atomic E-state index is 14.0. The second-order valence-corrected chi connectivity index (χ2v) is 13.3. The predicted molar refractivity (Wildman–Crippen MR) is 169 cm³/mol. The van der Waals surface area contributed by atoms with Crippen LogP contribution in [0, 0.1) is 17.8 Å². The Morgan fingerprint density at radius 3 is 2.77 bits per heavy atom. The third-order valence-electron chi connectivity index (χ3n) is 10.6. The minimum atomic E-state index is -1.01. The van der Waals surface area contributed by atoms with Gasteiger partial charge >= 0.3 is 12.1 Å². The van der Waals surface area contributed by atoms with Crippen LogP contribution in [0.4, 0.5) is 4.79 Å². The van der Waals surface area contributed by atoms with Crippen LogP contribution in [0.5, 0.6) is 11.5 Å². The number of hydrogen-bond acceptors (Lipinski definition) is 8.